The van der Waals surface area contributed by atoms with Gasteiger partial charge in [-0.1, -0.05) is 25.0 Å². The Bertz CT molecular complexity index is 1040. The van der Waals surface area contributed by atoms with Crippen LogP contribution in [-0.4, -0.2) is 58.3 Å². The van der Waals surface area contributed by atoms with E-state index in [1.54, 1.807) is 43.0 Å². The van der Waals surface area contributed by atoms with Gasteiger partial charge in [-0.05, 0) is 59.6 Å². The number of rotatable bonds is 6. The third kappa shape index (κ3) is 6.61. The molecule has 0 spiro atoms. The summed E-state index contributed by atoms with van der Waals surface area (Å²) in [4.78, 5) is 47.5. The molecule has 35 heavy (non-hydrogen) atoms. The third-order valence-electron chi connectivity index (χ3n) is 5.57. The van der Waals surface area contributed by atoms with Crippen molar-refractivity contribution >= 4 is 18.0 Å². The summed E-state index contributed by atoms with van der Waals surface area (Å²) < 4.78 is 16.0. The zero-order valence-corrected chi connectivity index (χ0v) is 21.2. The number of carbonyl (C=O) groups is 3. The number of hydrogen-bond acceptors (Lipinski definition) is 7. The van der Waals surface area contributed by atoms with E-state index < -0.39 is 23.6 Å². The van der Waals surface area contributed by atoms with Gasteiger partial charge in [-0.25, -0.2) is 19.4 Å². The molecule has 1 aromatic heterocycles. The topological polar surface area (TPSA) is 111 Å². The molecule has 1 unspecified atom stereocenters. The molecule has 1 N–H and O–H groups in total. The Kier molecular flexibility index (Phi) is 8.53. The molecule has 1 amide bonds. The Morgan fingerprint density at radius 1 is 1.00 bits per heavy atom. The summed E-state index contributed by atoms with van der Waals surface area (Å²) >= 11 is 0. The number of hydrogen-bond donors (Lipinski definition) is 1. The van der Waals surface area contributed by atoms with Gasteiger partial charge in [-0.15, -0.1) is 0 Å². The number of imidazole rings is 1. The quantitative estimate of drug-likeness (QED) is 0.437. The zero-order chi connectivity index (χ0) is 25.6. The highest BCUT2D eigenvalue weighted by Gasteiger charge is 2.34. The maximum absolute atomic E-state index is 13.0. The van der Waals surface area contributed by atoms with E-state index >= 15 is 0 Å². The maximum atomic E-state index is 13.0. The van der Waals surface area contributed by atoms with E-state index in [1.807, 2.05) is 20.8 Å². The van der Waals surface area contributed by atoms with Gasteiger partial charge in [0.15, 0.2) is 5.69 Å². The Labute approximate surface area is 206 Å². The number of aromatic nitrogens is 2. The third-order valence-corrected chi connectivity index (χ3v) is 5.57. The van der Waals surface area contributed by atoms with E-state index in [0.717, 1.165) is 19.3 Å². The minimum atomic E-state index is -0.626. The smallest absolute Gasteiger partial charge is 0.410 e. The van der Waals surface area contributed by atoms with E-state index in [4.69, 9.17) is 19.2 Å². The molecule has 9 nitrogen and oxygen atoms in total. The van der Waals surface area contributed by atoms with Gasteiger partial charge in [0, 0.05) is 12.1 Å². The van der Waals surface area contributed by atoms with Crippen molar-refractivity contribution in [2.45, 2.75) is 71.9 Å². The molecule has 2 heterocycles. The molecule has 1 fully saturated rings. The van der Waals surface area contributed by atoms with Crippen LogP contribution < -0.4 is 0 Å². The van der Waals surface area contributed by atoms with Gasteiger partial charge < -0.3 is 19.2 Å². The SMILES string of the molecule is CCOC(=O)c1ccc(-c2nc(C3CCCCCN3C(=O)OC(C)(C)C)[nH]c2C(=O)OCC)cc1. The van der Waals surface area contributed by atoms with Crippen LogP contribution in [0.5, 0.6) is 0 Å². The van der Waals surface area contributed by atoms with Crippen LogP contribution in [0.15, 0.2) is 24.3 Å². The molecule has 3 rings (SSSR count). The first-order valence-electron chi connectivity index (χ1n) is 12.2. The van der Waals surface area contributed by atoms with Crippen molar-refractivity contribution in [1.82, 2.24) is 14.9 Å². The predicted molar refractivity (Wildman–Crippen MR) is 130 cm³/mol. The van der Waals surface area contributed by atoms with Crippen LogP contribution in [0.4, 0.5) is 4.79 Å². The molecule has 9 heteroatoms. The number of nitrogens with one attached hydrogen (secondary N) is 1. The minimum absolute atomic E-state index is 0.208. The van der Waals surface area contributed by atoms with Gasteiger partial charge >= 0.3 is 18.0 Å². The average Bonchev–Trinajstić information content (AvgIpc) is 3.09. The monoisotopic (exact) mass is 485 g/mol. The molecule has 0 saturated carbocycles. The molecular weight excluding hydrogens is 450 g/mol. The average molecular weight is 486 g/mol. The van der Waals surface area contributed by atoms with Crippen LogP contribution in [0.1, 0.15) is 93.0 Å². The van der Waals surface area contributed by atoms with Crippen LogP contribution in [0.3, 0.4) is 0 Å². The van der Waals surface area contributed by atoms with E-state index in [-0.39, 0.29) is 24.9 Å². The second kappa shape index (κ2) is 11.4. The number of likely N-dealkylation sites (tertiary alicyclic amines) is 1. The number of amides is 1. The number of carbonyl (C=O) groups excluding carboxylic acids is 3. The van der Waals surface area contributed by atoms with Crippen LogP contribution in [0.25, 0.3) is 11.3 Å². The molecule has 0 aliphatic carbocycles. The second-order valence-electron chi connectivity index (χ2n) is 9.40. The standard InChI is InChI=1S/C26H35N3O6/c1-6-33-23(30)18-14-12-17(13-15-18)20-21(24(31)34-7-2)28-22(27-20)19-11-9-8-10-16-29(19)25(32)35-26(3,4)5/h12-15,19H,6-11,16H2,1-5H3,(H,27,28). The van der Waals surface area contributed by atoms with Crippen molar-refractivity contribution in [2.24, 2.45) is 0 Å². The van der Waals surface area contributed by atoms with Crippen molar-refractivity contribution < 1.29 is 28.6 Å². The molecule has 0 bridgehead atoms. The van der Waals surface area contributed by atoms with Gasteiger partial charge in [0.2, 0.25) is 0 Å². The molecule has 1 aliphatic rings. The molecule has 1 atom stereocenters. The first-order valence-corrected chi connectivity index (χ1v) is 12.2. The highest BCUT2D eigenvalue weighted by atomic mass is 16.6. The first kappa shape index (κ1) is 26.2. The van der Waals surface area contributed by atoms with Crippen molar-refractivity contribution in [3.8, 4) is 11.3 Å². The van der Waals surface area contributed by atoms with Crippen molar-refractivity contribution in [2.75, 3.05) is 19.8 Å². The Balaban J connectivity index is 2.00. The largest absolute Gasteiger partial charge is 0.462 e. The van der Waals surface area contributed by atoms with Crippen LogP contribution in [-0.2, 0) is 14.2 Å². The molecule has 1 aromatic carbocycles. The summed E-state index contributed by atoms with van der Waals surface area (Å²) in [6.45, 7) is 10.0. The number of H-pyrrole nitrogens is 1. The van der Waals surface area contributed by atoms with Gasteiger partial charge in [0.25, 0.3) is 0 Å². The lowest BCUT2D eigenvalue weighted by Crippen LogP contribution is -2.39. The second-order valence-corrected chi connectivity index (χ2v) is 9.40. The van der Waals surface area contributed by atoms with Gasteiger partial charge in [0.05, 0.1) is 24.8 Å². The molecule has 1 saturated heterocycles. The maximum Gasteiger partial charge on any atom is 0.410 e. The number of aromatic amines is 1. The summed E-state index contributed by atoms with van der Waals surface area (Å²) in [5.41, 5.74) is 1.03. The minimum Gasteiger partial charge on any atom is -0.462 e. The lowest BCUT2D eigenvalue weighted by Gasteiger charge is -2.31. The summed E-state index contributed by atoms with van der Waals surface area (Å²) in [5.74, 6) is -0.447. The van der Waals surface area contributed by atoms with Crippen LogP contribution in [0.2, 0.25) is 0 Å². The normalized spacial score (nSPS) is 16.4. The molecular formula is C26H35N3O6. The lowest BCUT2D eigenvalue weighted by atomic mass is 10.1. The zero-order valence-electron chi connectivity index (χ0n) is 21.2. The van der Waals surface area contributed by atoms with E-state index in [2.05, 4.69) is 4.98 Å². The van der Waals surface area contributed by atoms with E-state index in [0.29, 0.717) is 35.6 Å². The fourth-order valence-electron chi connectivity index (χ4n) is 4.02. The van der Waals surface area contributed by atoms with E-state index in [9.17, 15) is 14.4 Å². The van der Waals surface area contributed by atoms with Crippen LogP contribution in [0, 0.1) is 0 Å². The summed E-state index contributed by atoms with van der Waals surface area (Å²) in [7, 11) is 0. The molecule has 1 aliphatic heterocycles. The van der Waals surface area contributed by atoms with Crippen molar-refractivity contribution in [1.29, 1.82) is 0 Å². The summed E-state index contributed by atoms with van der Waals surface area (Å²) in [6.07, 6.45) is 3.06. The Morgan fingerprint density at radius 2 is 1.66 bits per heavy atom. The van der Waals surface area contributed by atoms with Crippen molar-refractivity contribution in [3.63, 3.8) is 0 Å². The summed E-state index contributed by atoms with van der Waals surface area (Å²) in [6, 6.07) is 6.33. The Hall–Kier alpha value is -3.36. The van der Waals surface area contributed by atoms with Crippen molar-refractivity contribution in [3.05, 3.63) is 41.3 Å². The molecule has 2 aromatic rings. The van der Waals surface area contributed by atoms with Gasteiger partial charge in [0.1, 0.15) is 17.1 Å². The first-order chi connectivity index (χ1) is 16.6. The highest BCUT2D eigenvalue weighted by Crippen LogP contribution is 2.33. The molecule has 0 radical (unpaired) electrons. The van der Waals surface area contributed by atoms with Crippen LogP contribution >= 0.6 is 0 Å². The number of benzene rings is 1. The van der Waals surface area contributed by atoms with Gasteiger partial charge in [-0.3, -0.25) is 4.90 Å². The predicted octanol–water partition coefficient (Wildman–Crippen LogP) is 5.28. The number of nitrogens with zero attached hydrogens (tertiary/aromatic N) is 2. The van der Waals surface area contributed by atoms with Gasteiger partial charge in [-0.2, -0.15) is 0 Å². The lowest BCUT2D eigenvalue weighted by molar-refractivity contribution is 0.0155. The summed E-state index contributed by atoms with van der Waals surface area (Å²) in [5, 5.41) is 0. The number of ether oxygens (including phenoxy) is 3. The Morgan fingerprint density at radius 3 is 2.29 bits per heavy atom. The fourth-order valence-corrected chi connectivity index (χ4v) is 4.02. The number of esters is 2. The van der Waals surface area contributed by atoms with E-state index in [1.165, 1.54) is 0 Å². The fraction of sp³-hybridized carbons (Fsp3) is 0.538. The molecule has 190 valence electrons. The highest BCUT2D eigenvalue weighted by molar-refractivity contribution is 5.95.